The highest BCUT2D eigenvalue weighted by Gasteiger charge is 2.06. The van der Waals surface area contributed by atoms with E-state index in [2.05, 4.69) is 32.0 Å². The number of hydrogen-bond acceptors (Lipinski definition) is 2. The number of nitrogens with two attached hydrogens (primary N) is 1. The molecule has 0 saturated carbocycles. The van der Waals surface area contributed by atoms with Crippen LogP contribution in [-0.4, -0.2) is 18.3 Å². The molecule has 0 saturated heterocycles. The van der Waals surface area contributed by atoms with E-state index >= 15 is 0 Å². The molecule has 0 radical (unpaired) electrons. The van der Waals surface area contributed by atoms with Gasteiger partial charge in [0.25, 0.3) is 0 Å². The van der Waals surface area contributed by atoms with Crippen molar-refractivity contribution in [3.05, 3.63) is 34.9 Å². The normalized spacial score (nSPS) is 12.8. The maximum Gasteiger partial charge on any atom is 0.0471 e. The van der Waals surface area contributed by atoms with Crippen molar-refractivity contribution in [1.29, 1.82) is 0 Å². The fraction of sp³-hybridized carbons (Fsp3) is 0.538. The lowest BCUT2D eigenvalue weighted by atomic mass is 9.96. The largest absolute Gasteiger partial charge is 0.396 e. The second-order valence-corrected chi connectivity index (χ2v) is 4.25. The van der Waals surface area contributed by atoms with Crippen LogP contribution in [0.1, 0.15) is 23.1 Å². The lowest BCUT2D eigenvalue weighted by molar-refractivity contribution is 0.223. The summed E-state index contributed by atoms with van der Waals surface area (Å²) in [7, 11) is 0. The molecule has 15 heavy (non-hydrogen) atoms. The number of aliphatic hydroxyl groups excluding tert-OH is 1. The first-order valence-electron chi connectivity index (χ1n) is 5.54. The summed E-state index contributed by atoms with van der Waals surface area (Å²) in [5.74, 6) is 0.241. The summed E-state index contributed by atoms with van der Waals surface area (Å²) in [4.78, 5) is 0. The van der Waals surface area contributed by atoms with Gasteiger partial charge in [-0.05, 0) is 50.3 Å². The quantitative estimate of drug-likeness (QED) is 0.773. The minimum Gasteiger partial charge on any atom is -0.396 e. The Labute approximate surface area is 92.1 Å². The number of benzene rings is 1. The first kappa shape index (κ1) is 12.2. The van der Waals surface area contributed by atoms with Crippen molar-refractivity contribution in [2.75, 3.05) is 13.2 Å². The summed E-state index contributed by atoms with van der Waals surface area (Å²) >= 11 is 0. The lowest BCUT2D eigenvalue weighted by Gasteiger charge is -2.12. The van der Waals surface area contributed by atoms with E-state index in [9.17, 15) is 0 Å². The van der Waals surface area contributed by atoms with Gasteiger partial charge in [0.1, 0.15) is 0 Å². The van der Waals surface area contributed by atoms with Gasteiger partial charge in [0.05, 0.1) is 0 Å². The van der Waals surface area contributed by atoms with Crippen LogP contribution in [0.2, 0.25) is 0 Å². The Morgan fingerprint density at radius 1 is 1.33 bits per heavy atom. The third kappa shape index (κ3) is 3.65. The van der Waals surface area contributed by atoms with Crippen LogP contribution in [0.5, 0.6) is 0 Å². The first-order chi connectivity index (χ1) is 7.17. The van der Waals surface area contributed by atoms with Crippen molar-refractivity contribution < 1.29 is 5.11 Å². The smallest absolute Gasteiger partial charge is 0.0471 e. The van der Waals surface area contributed by atoms with Crippen LogP contribution in [0, 0.1) is 19.8 Å². The Hall–Kier alpha value is -0.860. The van der Waals surface area contributed by atoms with Gasteiger partial charge in [-0.15, -0.1) is 0 Å². The molecule has 0 fully saturated rings. The standard InChI is InChI=1S/C13H21NO/c1-10-3-4-11(2)13(7-10)6-5-12(8-14)9-15/h3-4,7,12,15H,5-6,8-9,14H2,1-2H3. The van der Waals surface area contributed by atoms with Crippen molar-refractivity contribution in [2.24, 2.45) is 11.7 Å². The van der Waals surface area contributed by atoms with E-state index < -0.39 is 0 Å². The maximum atomic E-state index is 9.05. The van der Waals surface area contributed by atoms with Crippen molar-refractivity contribution >= 4 is 0 Å². The zero-order valence-electron chi connectivity index (χ0n) is 9.66. The van der Waals surface area contributed by atoms with Crippen LogP contribution in [0.15, 0.2) is 18.2 Å². The molecule has 3 N–H and O–H groups in total. The zero-order chi connectivity index (χ0) is 11.3. The molecule has 0 amide bonds. The second kappa shape index (κ2) is 5.89. The van der Waals surface area contributed by atoms with Gasteiger partial charge in [0.15, 0.2) is 0 Å². The molecule has 1 atom stereocenters. The van der Waals surface area contributed by atoms with Crippen molar-refractivity contribution in [3.63, 3.8) is 0 Å². The molecule has 1 rings (SSSR count). The Kier molecular flexibility index (Phi) is 4.79. The summed E-state index contributed by atoms with van der Waals surface area (Å²) in [6, 6.07) is 6.51. The van der Waals surface area contributed by atoms with Gasteiger partial charge in [0, 0.05) is 6.61 Å². The van der Waals surface area contributed by atoms with Gasteiger partial charge < -0.3 is 10.8 Å². The van der Waals surface area contributed by atoms with E-state index in [1.165, 1.54) is 16.7 Å². The van der Waals surface area contributed by atoms with Crippen molar-refractivity contribution in [2.45, 2.75) is 26.7 Å². The average molecular weight is 207 g/mol. The van der Waals surface area contributed by atoms with Gasteiger partial charge in [-0.3, -0.25) is 0 Å². The van der Waals surface area contributed by atoms with E-state index in [1.54, 1.807) is 0 Å². The van der Waals surface area contributed by atoms with Crippen LogP contribution >= 0.6 is 0 Å². The minimum atomic E-state index is 0.196. The molecule has 1 aromatic carbocycles. The Morgan fingerprint density at radius 2 is 2.07 bits per heavy atom. The van der Waals surface area contributed by atoms with Gasteiger partial charge in [0.2, 0.25) is 0 Å². The summed E-state index contributed by atoms with van der Waals surface area (Å²) in [5, 5.41) is 9.05. The highest BCUT2D eigenvalue weighted by Crippen LogP contribution is 2.15. The van der Waals surface area contributed by atoms with Crippen LogP contribution in [0.3, 0.4) is 0 Å². The molecular weight excluding hydrogens is 186 g/mol. The third-order valence-corrected chi connectivity index (χ3v) is 2.92. The molecule has 1 unspecified atom stereocenters. The van der Waals surface area contributed by atoms with Gasteiger partial charge in [-0.2, -0.15) is 0 Å². The molecular formula is C13H21NO. The lowest BCUT2D eigenvalue weighted by Crippen LogP contribution is -2.18. The molecule has 0 spiro atoms. The maximum absolute atomic E-state index is 9.05. The molecule has 2 heteroatoms. The SMILES string of the molecule is Cc1ccc(C)c(CCC(CN)CO)c1. The van der Waals surface area contributed by atoms with Crippen LogP contribution in [0.4, 0.5) is 0 Å². The van der Waals surface area contributed by atoms with Gasteiger partial charge in [-0.25, -0.2) is 0 Å². The molecule has 84 valence electrons. The summed E-state index contributed by atoms with van der Waals surface area (Å²) in [6.45, 7) is 5.00. The van der Waals surface area contributed by atoms with Crippen molar-refractivity contribution in [3.8, 4) is 0 Å². The van der Waals surface area contributed by atoms with Crippen LogP contribution in [0.25, 0.3) is 0 Å². The number of aryl methyl sites for hydroxylation is 3. The average Bonchev–Trinajstić information content (AvgIpc) is 2.24. The zero-order valence-corrected chi connectivity index (χ0v) is 9.66. The first-order valence-corrected chi connectivity index (χ1v) is 5.54. The summed E-state index contributed by atoms with van der Waals surface area (Å²) in [5.41, 5.74) is 9.56. The molecule has 0 aromatic heterocycles. The van der Waals surface area contributed by atoms with E-state index in [1.807, 2.05) is 0 Å². The highest BCUT2D eigenvalue weighted by atomic mass is 16.3. The fourth-order valence-corrected chi connectivity index (χ4v) is 1.71. The highest BCUT2D eigenvalue weighted by molar-refractivity contribution is 5.30. The Bertz CT molecular complexity index is 305. The predicted molar refractivity (Wildman–Crippen MR) is 63.9 cm³/mol. The monoisotopic (exact) mass is 207 g/mol. The molecule has 2 nitrogen and oxygen atoms in total. The van der Waals surface area contributed by atoms with Crippen LogP contribution in [-0.2, 0) is 6.42 Å². The molecule has 0 bridgehead atoms. The van der Waals surface area contributed by atoms with Crippen molar-refractivity contribution in [1.82, 2.24) is 0 Å². The van der Waals surface area contributed by atoms with Gasteiger partial charge in [-0.1, -0.05) is 23.8 Å². The second-order valence-electron chi connectivity index (χ2n) is 4.25. The number of aliphatic hydroxyl groups is 1. The molecule has 1 aromatic rings. The third-order valence-electron chi connectivity index (χ3n) is 2.92. The Morgan fingerprint density at radius 3 is 2.67 bits per heavy atom. The van der Waals surface area contributed by atoms with Gasteiger partial charge >= 0.3 is 0 Å². The number of hydrogen-bond donors (Lipinski definition) is 2. The van der Waals surface area contributed by atoms with E-state index in [0.717, 1.165) is 12.8 Å². The fourth-order valence-electron chi connectivity index (χ4n) is 1.71. The summed E-state index contributed by atoms with van der Waals surface area (Å²) < 4.78 is 0. The van der Waals surface area contributed by atoms with E-state index in [0.29, 0.717) is 6.54 Å². The number of rotatable bonds is 5. The predicted octanol–water partition coefficient (Wildman–Crippen LogP) is 1.80. The molecule has 0 heterocycles. The summed E-state index contributed by atoms with van der Waals surface area (Å²) in [6.07, 6.45) is 1.98. The molecule has 0 aliphatic rings. The Balaban J connectivity index is 2.60. The van der Waals surface area contributed by atoms with Crippen LogP contribution < -0.4 is 5.73 Å². The molecule has 0 aliphatic carbocycles. The van der Waals surface area contributed by atoms with E-state index in [-0.39, 0.29) is 12.5 Å². The minimum absolute atomic E-state index is 0.196. The van der Waals surface area contributed by atoms with E-state index in [4.69, 9.17) is 10.8 Å². The molecule has 0 aliphatic heterocycles. The topological polar surface area (TPSA) is 46.2 Å².